The predicted molar refractivity (Wildman–Crippen MR) is 112 cm³/mol. The van der Waals surface area contributed by atoms with Crippen LogP contribution in [0.4, 0.5) is 11.4 Å². The third-order valence-electron chi connectivity index (χ3n) is 5.00. The summed E-state index contributed by atoms with van der Waals surface area (Å²) in [6, 6.07) is 16.1. The highest BCUT2D eigenvalue weighted by Crippen LogP contribution is 2.28. The van der Waals surface area contributed by atoms with E-state index in [9.17, 15) is 14.7 Å². The van der Waals surface area contributed by atoms with Crippen molar-refractivity contribution in [2.45, 2.75) is 13.8 Å². The third kappa shape index (κ3) is 3.16. The Morgan fingerprint density at radius 1 is 1.07 bits per heavy atom. The summed E-state index contributed by atoms with van der Waals surface area (Å²) in [7, 11) is 1.84. The Balaban J connectivity index is 1.86. The zero-order valence-electron chi connectivity index (χ0n) is 16.3. The molecule has 0 spiro atoms. The van der Waals surface area contributed by atoms with Gasteiger partial charge in [0.15, 0.2) is 0 Å². The highest BCUT2D eigenvalue weighted by Gasteiger charge is 2.17. The summed E-state index contributed by atoms with van der Waals surface area (Å²) >= 11 is 0. The second-order valence-electron chi connectivity index (χ2n) is 6.91. The molecule has 0 saturated heterocycles. The summed E-state index contributed by atoms with van der Waals surface area (Å²) in [6.45, 7) is 3.71. The summed E-state index contributed by atoms with van der Waals surface area (Å²) < 4.78 is 3.41. The molecule has 7 heteroatoms. The number of aromatic carboxylic acids is 1. The number of carbonyl (C=O) groups is 1. The maximum atomic E-state index is 13.2. The number of para-hydroxylation sites is 1. The van der Waals surface area contributed by atoms with Crippen LogP contribution in [0.1, 0.15) is 21.7 Å². The Bertz CT molecular complexity index is 1300. The molecule has 2 heterocycles. The molecule has 2 aromatic heterocycles. The molecule has 0 unspecified atom stereocenters. The lowest BCUT2D eigenvalue weighted by Crippen LogP contribution is -2.20. The highest BCUT2D eigenvalue weighted by atomic mass is 16.4. The van der Waals surface area contributed by atoms with Gasteiger partial charge in [-0.25, -0.2) is 9.48 Å². The predicted octanol–water partition coefficient (Wildman–Crippen LogP) is 3.78. The van der Waals surface area contributed by atoms with Gasteiger partial charge in [0.25, 0.3) is 5.56 Å². The number of hydrogen-bond donors (Lipinski definition) is 2. The number of rotatable bonds is 4. The van der Waals surface area contributed by atoms with E-state index in [0.717, 1.165) is 22.5 Å². The van der Waals surface area contributed by atoms with E-state index in [2.05, 4.69) is 10.3 Å². The largest absolute Gasteiger partial charge is 0.478 e. The van der Waals surface area contributed by atoms with Gasteiger partial charge in [0.2, 0.25) is 0 Å². The van der Waals surface area contributed by atoms with Crippen LogP contribution in [0.25, 0.3) is 16.6 Å². The average Bonchev–Trinajstić information content (AvgIpc) is 2.91. The molecule has 2 N–H and O–H groups in total. The second kappa shape index (κ2) is 6.94. The SMILES string of the molecule is Cc1cc(Nc2c(C)n(C)n(-c3ccccc3)c2=O)c2ccc(C(=O)O)cc2n1. The Labute approximate surface area is 166 Å². The van der Waals surface area contributed by atoms with Crippen LogP contribution in [0.15, 0.2) is 59.4 Å². The van der Waals surface area contributed by atoms with Crippen LogP contribution >= 0.6 is 0 Å². The number of aromatic nitrogens is 3. The van der Waals surface area contributed by atoms with Crippen molar-refractivity contribution in [1.29, 1.82) is 0 Å². The molecular formula is C22H20N4O3. The van der Waals surface area contributed by atoms with Crippen molar-refractivity contribution >= 4 is 28.2 Å². The van der Waals surface area contributed by atoms with E-state index in [1.54, 1.807) is 15.4 Å². The zero-order chi connectivity index (χ0) is 20.7. The molecule has 0 saturated carbocycles. The smallest absolute Gasteiger partial charge is 0.335 e. The minimum atomic E-state index is -1.01. The summed E-state index contributed by atoms with van der Waals surface area (Å²) in [5.41, 5.74) is 4.01. The summed E-state index contributed by atoms with van der Waals surface area (Å²) in [6.07, 6.45) is 0. The number of aryl methyl sites for hydroxylation is 1. The van der Waals surface area contributed by atoms with E-state index in [1.165, 1.54) is 12.1 Å². The van der Waals surface area contributed by atoms with Crippen molar-refractivity contribution in [3.63, 3.8) is 0 Å². The topological polar surface area (TPSA) is 89.2 Å². The Morgan fingerprint density at radius 3 is 2.48 bits per heavy atom. The van der Waals surface area contributed by atoms with Crippen LogP contribution < -0.4 is 10.9 Å². The molecule has 0 amide bonds. The van der Waals surface area contributed by atoms with Gasteiger partial charge in [-0.05, 0) is 50.2 Å². The Hall–Kier alpha value is -3.87. The van der Waals surface area contributed by atoms with Crippen molar-refractivity contribution < 1.29 is 9.90 Å². The van der Waals surface area contributed by atoms with Crippen molar-refractivity contribution in [3.05, 3.63) is 81.9 Å². The number of carboxylic acid groups (broad SMARTS) is 1. The van der Waals surface area contributed by atoms with Gasteiger partial charge in [0, 0.05) is 23.8 Å². The average molecular weight is 388 g/mol. The van der Waals surface area contributed by atoms with Crippen molar-refractivity contribution in [2.75, 3.05) is 5.32 Å². The molecule has 4 aromatic rings. The number of nitrogens with one attached hydrogen (secondary N) is 1. The molecule has 4 rings (SSSR count). The summed E-state index contributed by atoms with van der Waals surface area (Å²) in [5.74, 6) is -1.01. The van der Waals surface area contributed by atoms with Crippen molar-refractivity contribution in [3.8, 4) is 5.69 Å². The molecule has 146 valence electrons. The normalized spacial score (nSPS) is 11.0. The number of hydrogen-bond acceptors (Lipinski definition) is 4. The quantitative estimate of drug-likeness (QED) is 0.555. The van der Waals surface area contributed by atoms with Gasteiger partial charge in [-0.2, -0.15) is 0 Å². The van der Waals surface area contributed by atoms with Gasteiger partial charge in [-0.15, -0.1) is 0 Å². The van der Waals surface area contributed by atoms with E-state index in [-0.39, 0.29) is 11.1 Å². The number of anilines is 2. The maximum Gasteiger partial charge on any atom is 0.335 e. The van der Waals surface area contributed by atoms with Gasteiger partial charge in [-0.3, -0.25) is 14.5 Å². The van der Waals surface area contributed by atoms with E-state index < -0.39 is 5.97 Å². The number of nitrogens with zero attached hydrogens (tertiary/aromatic N) is 3. The molecular weight excluding hydrogens is 368 g/mol. The Kier molecular flexibility index (Phi) is 4.43. The van der Waals surface area contributed by atoms with Gasteiger partial charge < -0.3 is 10.4 Å². The van der Waals surface area contributed by atoms with Crippen molar-refractivity contribution in [1.82, 2.24) is 14.3 Å². The van der Waals surface area contributed by atoms with Gasteiger partial charge in [-0.1, -0.05) is 18.2 Å². The Morgan fingerprint density at radius 2 is 1.79 bits per heavy atom. The molecule has 0 radical (unpaired) electrons. The lowest BCUT2D eigenvalue weighted by atomic mass is 10.1. The number of benzene rings is 2. The molecule has 2 aromatic carbocycles. The number of carboxylic acids is 1. The standard InChI is InChI=1S/C22H20N4O3/c1-13-11-18(17-10-9-15(22(28)29)12-19(17)23-13)24-20-14(2)25(3)26(21(20)27)16-7-5-4-6-8-16/h4-12H,1-3H3,(H,23,24)(H,28,29). The molecule has 0 atom stereocenters. The molecule has 7 nitrogen and oxygen atoms in total. The minimum absolute atomic E-state index is 0.166. The van der Waals surface area contributed by atoms with Crippen molar-refractivity contribution in [2.24, 2.45) is 7.05 Å². The lowest BCUT2D eigenvalue weighted by Gasteiger charge is -2.10. The van der Waals surface area contributed by atoms with Gasteiger partial charge in [0.1, 0.15) is 5.69 Å². The van der Waals surface area contributed by atoms with Crippen LogP contribution in [-0.2, 0) is 7.05 Å². The molecule has 0 fully saturated rings. The summed E-state index contributed by atoms with van der Waals surface area (Å²) in [5, 5.41) is 13.2. The second-order valence-corrected chi connectivity index (χ2v) is 6.91. The van der Waals surface area contributed by atoms with Gasteiger partial charge >= 0.3 is 5.97 Å². The molecule has 0 bridgehead atoms. The lowest BCUT2D eigenvalue weighted by molar-refractivity contribution is 0.0697. The zero-order valence-corrected chi connectivity index (χ0v) is 16.3. The first kappa shape index (κ1) is 18.5. The fourth-order valence-corrected chi connectivity index (χ4v) is 3.44. The molecule has 0 aliphatic carbocycles. The third-order valence-corrected chi connectivity index (χ3v) is 5.00. The van der Waals surface area contributed by atoms with Crippen LogP contribution in [0.3, 0.4) is 0 Å². The van der Waals surface area contributed by atoms with Crippen LogP contribution in [0.5, 0.6) is 0 Å². The molecule has 29 heavy (non-hydrogen) atoms. The highest BCUT2D eigenvalue weighted by molar-refractivity contribution is 5.98. The summed E-state index contributed by atoms with van der Waals surface area (Å²) in [4.78, 5) is 28.9. The molecule has 0 aliphatic rings. The van der Waals surface area contributed by atoms with E-state index in [1.807, 2.05) is 57.3 Å². The van der Waals surface area contributed by atoms with Crippen LogP contribution in [-0.4, -0.2) is 25.4 Å². The monoisotopic (exact) mass is 388 g/mol. The minimum Gasteiger partial charge on any atom is -0.478 e. The van der Waals surface area contributed by atoms with Gasteiger partial charge in [0.05, 0.1) is 22.5 Å². The first-order valence-corrected chi connectivity index (χ1v) is 9.12. The number of pyridine rings is 1. The first-order valence-electron chi connectivity index (χ1n) is 9.12. The van der Waals surface area contributed by atoms with Crippen LogP contribution in [0, 0.1) is 13.8 Å². The fraction of sp³-hybridized carbons (Fsp3) is 0.136. The fourth-order valence-electron chi connectivity index (χ4n) is 3.44. The van der Waals surface area contributed by atoms with E-state index >= 15 is 0 Å². The van der Waals surface area contributed by atoms with E-state index in [0.29, 0.717) is 16.9 Å². The maximum absolute atomic E-state index is 13.2. The van der Waals surface area contributed by atoms with E-state index in [4.69, 9.17) is 0 Å². The first-order chi connectivity index (χ1) is 13.9. The number of fused-ring (bicyclic) bond motifs is 1. The molecule has 0 aliphatic heterocycles. The van der Waals surface area contributed by atoms with Crippen LogP contribution in [0.2, 0.25) is 0 Å².